The van der Waals surface area contributed by atoms with Gasteiger partial charge in [-0.3, -0.25) is 0 Å². The highest BCUT2D eigenvalue weighted by Gasteiger charge is 2.09. The number of hydrogen-bond acceptors (Lipinski definition) is 5. The third kappa shape index (κ3) is 3.46. The summed E-state index contributed by atoms with van der Waals surface area (Å²) in [7, 11) is -3.73. The van der Waals surface area contributed by atoms with Crippen molar-refractivity contribution in [2.45, 2.75) is 9.79 Å². The van der Waals surface area contributed by atoms with E-state index in [1.54, 1.807) is 11.8 Å². The zero-order chi connectivity index (χ0) is 13.9. The molecular weight excluding hydrogens is 284 g/mol. The van der Waals surface area contributed by atoms with Crippen LogP contribution in [-0.4, -0.2) is 19.7 Å². The monoisotopic (exact) mass is 296 g/mol. The van der Waals surface area contributed by atoms with Gasteiger partial charge in [-0.15, -0.1) is 11.8 Å². The average Bonchev–Trinajstić information content (AvgIpc) is 2.39. The number of thioether (sulfide) groups is 1. The molecule has 0 aliphatic rings. The maximum absolute atomic E-state index is 11.1. The van der Waals surface area contributed by atoms with Gasteiger partial charge in [0.15, 0.2) is 0 Å². The van der Waals surface area contributed by atoms with Crippen molar-refractivity contribution in [1.29, 1.82) is 0 Å². The minimum atomic E-state index is -3.73. The topological polar surface area (TPSA) is 82.3 Å². The molecular formula is C12H12N2O3S2. The average molecular weight is 296 g/mol. The SMILES string of the molecule is CSc1ccccc1Oc1ccc(S(N)(=O)=O)cn1. The molecule has 0 saturated heterocycles. The normalized spacial score (nSPS) is 11.3. The van der Waals surface area contributed by atoms with Crippen molar-refractivity contribution in [3.8, 4) is 11.6 Å². The molecule has 0 saturated carbocycles. The van der Waals surface area contributed by atoms with Gasteiger partial charge < -0.3 is 4.74 Å². The Bertz CT molecular complexity index is 670. The largest absolute Gasteiger partial charge is 0.438 e. The molecule has 0 bridgehead atoms. The third-order valence-electron chi connectivity index (χ3n) is 2.32. The van der Waals surface area contributed by atoms with E-state index in [1.807, 2.05) is 30.5 Å². The number of rotatable bonds is 4. The zero-order valence-corrected chi connectivity index (χ0v) is 11.7. The number of nitrogens with two attached hydrogens (primary N) is 1. The first-order valence-electron chi connectivity index (χ1n) is 5.30. The number of benzene rings is 1. The van der Waals surface area contributed by atoms with E-state index in [0.717, 1.165) is 4.90 Å². The summed E-state index contributed by atoms with van der Waals surface area (Å²) in [6, 6.07) is 10.3. The van der Waals surface area contributed by atoms with Crippen LogP contribution in [0.1, 0.15) is 0 Å². The van der Waals surface area contributed by atoms with Crippen LogP contribution in [0, 0.1) is 0 Å². The van der Waals surface area contributed by atoms with Gasteiger partial charge in [-0.25, -0.2) is 18.5 Å². The van der Waals surface area contributed by atoms with Gasteiger partial charge in [-0.1, -0.05) is 12.1 Å². The van der Waals surface area contributed by atoms with Crippen LogP contribution in [0.5, 0.6) is 11.6 Å². The van der Waals surface area contributed by atoms with E-state index >= 15 is 0 Å². The molecule has 0 aliphatic heterocycles. The fourth-order valence-corrected chi connectivity index (χ4v) is 2.39. The molecule has 2 aromatic rings. The molecule has 7 heteroatoms. The second-order valence-corrected chi connectivity index (χ2v) is 6.04. The zero-order valence-electron chi connectivity index (χ0n) is 10.1. The highest BCUT2D eigenvalue weighted by Crippen LogP contribution is 2.30. The summed E-state index contributed by atoms with van der Waals surface area (Å²) in [5.74, 6) is 0.986. The maximum Gasteiger partial charge on any atom is 0.239 e. The maximum atomic E-state index is 11.1. The second-order valence-electron chi connectivity index (χ2n) is 3.63. The summed E-state index contributed by atoms with van der Waals surface area (Å²) in [5.41, 5.74) is 0. The minimum absolute atomic E-state index is 0.0435. The molecule has 0 spiro atoms. The van der Waals surface area contributed by atoms with Crippen LogP contribution in [-0.2, 0) is 10.0 Å². The third-order valence-corrected chi connectivity index (χ3v) is 4.00. The Kier molecular flexibility index (Phi) is 4.08. The minimum Gasteiger partial charge on any atom is -0.438 e. The summed E-state index contributed by atoms with van der Waals surface area (Å²) in [6.07, 6.45) is 3.12. The van der Waals surface area contributed by atoms with E-state index < -0.39 is 10.0 Å². The highest BCUT2D eigenvalue weighted by atomic mass is 32.2. The number of nitrogens with zero attached hydrogens (tertiary/aromatic N) is 1. The number of primary sulfonamides is 1. The Balaban J connectivity index is 2.25. The molecule has 100 valence electrons. The molecule has 2 N–H and O–H groups in total. The van der Waals surface area contributed by atoms with Crippen molar-refractivity contribution in [2.24, 2.45) is 5.14 Å². The van der Waals surface area contributed by atoms with Crippen LogP contribution < -0.4 is 9.88 Å². The molecule has 0 amide bonds. The molecule has 0 atom stereocenters. The quantitative estimate of drug-likeness (QED) is 0.875. The van der Waals surface area contributed by atoms with Crippen molar-refractivity contribution in [3.05, 3.63) is 42.6 Å². The number of sulfonamides is 1. The molecule has 5 nitrogen and oxygen atoms in total. The number of ether oxygens (including phenoxy) is 1. The van der Waals surface area contributed by atoms with Gasteiger partial charge in [0.1, 0.15) is 10.6 Å². The molecule has 0 radical (unpaired) electrons. The first-order chi connectivity index (χ1) is 9.00. The fourth-order valence-electron chi connectivity index (χ4n) is 1.41. The Morgan fingerprint density at radius 2 is 1.95 bits per heavy atom. The molecule has 1 aromatic heterocycles. The van der Waals surface area contributed by atoms with Crippen LogP contribution in [0.4, 0.5) is 0 Å². The predicted octanol–water partition coefficient (Wildman–Crippen LogP) is 2.24. The van der Waals surface area contributed by atoms with Gasteiger partial charge in [0, 0.05) is 11.0 Å². The van der Waals surface area contributed by atoms with E-state index in [-0.39, 0.29) is 4.90 Å². The number of pyridine rings is 1. The lowest BCUT2D eigenvalue weighted by Crippen LogP contribution is -2.12. The van der Waals surface area contributed by atoms with Gasteiger partial charge in [0.2, 0.25) is 15.9 Å². The standard InChI is InChI=1S/C12H12N2O3S2/c1-18-11-5-3-2-4-10(11)17-12-7-6-9(8-14-12)19(13,15)16/h2-8H,1H3,(H2,13,15,16). The van der Waals surface area contributed by atoms with Crippen LogP contribution >= 0.6 is 11.8 Å². The first-order valence-corrected chi connectivity index (χ1v) is 8.07. The molecule has 2 rings (SSSR count). The van der Waals surface area contributed by atoms with Crippen LogP contribution in [0.25, 0.3) is 0 Å². The smallest absolute Gasteiger partial charge is 0.239 e. The van der Waals surface area contributed by atoms with Crippen LogP contribution in [0.15, 0.2) is 52.4 Å². The second kappa shape index (κ2) is 5.60. The van der Waals surface area contributed by atoms with Crippen molar-refractivity contribution < 1.29 is 13.2 Å². The molecule has 0 fully saturated rings. The lowest BCUT2D eigenvalue weighted by atomic mass is 10.3. The first kappa shape index (κ1) is 13.9. The summed E-state index contributed by atoms with van der Waals surface area (Å²) in [6.45, 7) is 0. The summed E-state index contributed by atoms with van der Waals surface area (Å²) < 4.78 is 27.8. The lowest BCUT2D eigenvalue weighted by Gasteiger charge is -2.08. The van der Waals surface area contributed by atoms with Crippen LogP contribution in [0.2, 0.25) is 0 Å². The van der Waals surface area contributed by atoms with Crippen molar-refractivity contribution in [3.63, 3.8) is 0 Å². The molecule has 1 heterocycles. The number of para-hydroxylation sites is 1. The van der Waals surface area contributed by atoms with Crippen LogP contribution in [0.3, 0.4) is 0 Å². The van der Waals surface area contributed by atoms with Gasteiger partial charge in [-0.2, -0.15) is 0 Å². The fraction of sp³-hybridized carbons (Fsp3) is 0.0833. The van der Waals surface area contributed by atoms with E-state index in [1.165, 1.54) is 18.3 Å². The molecule has 0 unspecified atom stereocenters. The summed E-state index contributed by atoms with van der Waals surface area (Å²) in [5, 5.41) is 4.99. The van der Waals surface area contributed by atoms with E-state index in [9.17, 15) is 8.42 Å². The summed E-state index contributed by atoms with van der Waals surface area (Å²) >= 11 is 1.55. The van der Waals surface area contributed by atoms with Crippen molar-refractivity contribution in [2.75, 3.05) is 6.26 Å². The predicted molar refractivity (Wildman–Crippen MR) is 73.9 cm³/mol. The van der Waals surface area contributed by atoms with Gasteiger partial charge >= 0.3 is 0 Å². The molecule has 0 aliphatic carbocycles. The van der Waals surface area contributed by atoms with Crippen molar-refractivity contribution >= 4 is 21.8 Å². The van der Waals surface area contributed by atoms with E-state index in [4.69, 9.17) is 9.88 Å². The molecule has 19 heavy (non-hydrogen) atoms. The Morgan fingerprint density at radius 1 is 1.21 bits per heavy atom. The lowest BCUT2D eigenvalue weighted by molar-refractivity contribution is 0.451. The number of aromatic nitrogens is 1. The number of hydrogen-bond donors (Lipinski definition) is 1. The van der Waals surface area contributed by atoms with E-state index in [2.05, 4.69) is 4.98 Å². The highest BCUT2D eigenvalue weighted by molar-refractivity contribution is 7.98. The van der Waals surface area contributed by atoms with Crippen molar-refractivity contribution in [1.82, 2.24) is 4.98 Å². The van der Waals surface area contributed by atoms with E-state index in [0.29, 0.717) is 11.6 Å². The van der Waals surface area contributed by atoms with Gasteiger partial charge in [0.05, 0.1) is 6.20 Å². The Morgan fingerprint density at radius 3 is 2.53 bits per heavy atom. The Labute approximate surface area is 115 Å². The summed E-state index contributed by atoms with van der Waals surface area (Å²) in [4.78, 5) is 4.85. The van der Waals surface area contributed by atoms with Gasteiger partial charge in [0.25, 0.3) is 0 Å². The molecule has 1 aromatic carbocycles. The Hall–Kier alpha value is -1.57. The van der Waals surface area contributed by atoms with Gasteiger partial charge in [-0.05, 0) is 24.5 Å².